The second kappa shape index (κ2) is 6.66. The highest BCUT2D eigenvalue weighted by Gasteiger charge is 2.21. The fraction of sp³-hybridized carbons (Fsp3) is 0.533. The van der Waals surface area contributed by atoms with Crippen LogP contribution in [-0.2, 0) is 0 Å². The third-order valence-electron chi connectivity index (χ3n) is 3.44. The summed E-state index contributed by atoms with van der Waals surface area (Å²) >= 11 is 0. The zero-order valence-corrected chi connectivity index (χ0v) is 10.9. The van der Waals surface area contributed by atoms with Gasteiger partial charge in [-0.2, -0.15) is 0 Å². The van der Waals surface area contributed by atoms with Gasteiger partial charge in [0.2, 0.25) is 0 Å². The van der Waals surface area contributed by atoms with Gasteiger partial charge in [0, 0.05) is 30.8 Å². The number of aliphatic hydroxyl groups is 1. The van der Waals surface area contributed by atoms with Crippen LogP contribution in [0.4, 0.5) is 0 Å². The fourth-order valence-electron chi connectivity index (χ4n) is 2.48. The molecule has 0 aliphatic heterocycles. The molecule has 1 aromatic heterocycles. The molecule has 0 unspecified atom stereocenters. The molecule has 0 aromatic carbocycles. The van der Waals surface area contributed by atoms with Crippen LogP contribution in [0.3, 0.4) is 0 Å². The van der Waals surface area contributed by atoms with Crippen molar-refractivity contribution in [2.24, 2.45) is 5.92 Å². The van der Waals surface area contributed by atoms with E-state index in [1.54, 1.807) is 0 Å². The van der Waals surface area contributed by atoms with Crippen LogP contribution in [0.1, 0.15) is 37.9 Å². The summed E-state index contributed by atoms with van der Waals surface area (Å²) in [4.78, 5) is 4.44. The van der Waals surface area contributed by atoms with Crippen LogP contribution in [0, 0.1) is 5.92 Å². The Bertz CT molecular complexity index is 377. The second-order valence-corrected chi connectivity index (χ2v) is 4.93. The molecule has 98 valence electrons. The molecule has 0 bridgehead atoms. The monoisotopic (exact) mass is 246 g/mol. The summed E-state index contributed by atoms with van der Waals surface area (Å²) in [6, 6.07) is 6.73. The fourth-order valence-corrected chi connectivity index (χ4v) is 2.48. The van der Waals surface area contributed by atoms with Gasteiger partial charge in [-0.15, -0.1) is 0 Å². The molecule has 18 heavy (non-hydrogen) atoms. The molecule has 0 amide bonds. The third-order valence-corrected chi connectivity index (χ3v) is 3.44. The minimum Gasteiger partial charge on any atom is -0.396 e. The zero-order valence-electron chi connectivity index (χ0n) is 10.9. The first-order valence-electron chi connectivity index (χ1n) is 6.79. The van der Waals surface area contributed by atoms with Crippen LogP contribution in [0.5, 0.6) is 0 Å². The van der Waals surface area contributed by atoms with Gasteiger partial charge >= 0.3 is 0 Å². The molecule has 0 saturated heterocycles. The second-order valence-electron chi connectivity index (χ2n) is 4.93. The summed E-state index contributed by atoms with van der Waals surface area (Å²) in [5, 5.41) is 12.8. The molecule has 0 radical (unpaired) electrons. The van der Waals surface area contributed by atoms with E-state index in [4.69, 9.17) is 5.11 Å². The predicted octanol–water partition coefficient (Wildman–Crippen LogP) is 2.45. The molecule has 1 aliphatic carbocycles. The number of aromatic nitrogens is 1. The molecule has 3 heteroatoms. The molecule has 3 atom stereocenters. The maximum Gasteiger partial charge on any atom is 0.0573 e. The van der Waals surface area contributed by atoms with Crippen molar-refractivity contribution < 1.29 is 5.11 Å². The summed E-state index contributed by atoms with van der Waals surface area (Å²) in [6.07, 6.45) is 9.34. The van der Waals surface area contributed by atoms with Gasteiger partial charge in [0.05, 0.1) is 5.69 Å². The molecular weight excluding hydrogens is 224 g/mol. The lowest BCUT2D eigenvalue weighted by molar-refractivity contribution is 0.244. The molecular formula is C15H22N2O. The Kier molecular flexibility index (Phi) is 4.90. The first-order valence-corrected chi connectivity index (χ1v) is 6.79. The van der Waals surface area contributed by atoms with Crippen molar-refractivity contribution in [1.82, 2.24) is 10.3 Å². The van der Waals surface area contributed by atoms with Crippen molar-refractivity contribution in [1.29, 1.82) is 0 Å². The van der Waals surface area contributed by atoms with Crippen LogP contribution in [0.15, 0.2) is 36.5 Å². The van der Waals surface area contributed by atoms with Crippen molar-refractivity contribution in [2.45, 2.75) is 38.3 Å². The average molecular weight is 246 g/mol. The number of rotatable bonds is 6. The van der Waals surface area contributed by atoms with Gasteiger partial charge in [-0.3, -0.25) is 4.98 Å². The smallest absolute Gasteiger partial charge is 0.0573 e. The lowest BCUT2D eigenvalue weighted by Gasteiger charge is -2.22. The minimum absolute atomic E-state index is 0.247. The van der Waals surface area contributed by atoms with Gasteiger partial charge in [0.25, 0.3) is 0 Å². The summed E-state index contributed by atoms with van der Waals surface area (Å²) in [7, 11) is 0. The number of pyridine rings is 1. The molecule has 1 aliphatic rings. The molecule has 0 fully saturated rings. The van der Waals surface area contributed by atoms with Gasteiger partial charge in [-0.05, 0) is 25.0 Å². The van der Waals surface area contributed by atoms with Crippen molar-refractivity contribution in [2.75, 3.05) is 6.61 Å². The summed E-state index contributed by atoms with van der Waals surface area (Å²) in [5.41, 5.74) is 1.11. The van der Waals surface area contributed by atoms with E-state index >= 15 is 0 Å². The normalized spacial score (nSPS) is 24.3. The minimum atomic E-state index is 0.247. The van der Waals surface area contributed by atoms with Crippen molar-refractivity contribution >= 4 is 0 Å². The Labute approximate surface area is 109 Å². The highest BCUT2D eigenvalue weighted by molar-refractivity contribution is 5.12. The molecule has 0 spiro atoms. The summed E-state index contributed by atoms with van der Waals surface area (Å²) in [5.74, 6) is 0.313. The Morgan fingerprint density at radius 1 is 1.44 bits per heavy atom. The number of nitrogens with one attached hydrogen (secondary N) is 1. The number of hydrogen-bond acceptors (Lipinski definition) is 3. The first-order chi connectivity index (χ1) is 8.83. The average Bonchev–Trinajstić information content (AvgIpc) is 2.87. The van der Waals surface area contributed by atoms with Gasteiger partial charge in [0.1, 0.15) is 0 Å². The van der Waals surface area contributed by atoms with Crippen LogP contribution in [-0.4, -0.2) is 22.7 Å². The van der Waals surface area contributed by atoms with Crippen molar-refractivity contribution in [3.63, 3.8) is 0 Å². The lowest BCUT2D eigenvalue weighted by Crippen LogP contribution is -2.31. The van der Waals surface area contributed by atoms with Crippen molar-refractivity contribution in [3.8, 4) is 0 Å². The van der Waals surface area contributed by atoms with E-state index in [9.17, 15) is 0 Å². The van der Waals surface area contributed by atoms with Crippen LogP contribution in [0.2, 0.25) is 0 Å². The molecule has 0 saturated carbocycles. The van der Waals surface area contributed by atoms with E-state index in [0.29, 0.717) is 18.0 Å². The largest absolute Gasteiger partial charge is 0.396 e. The molecule has 2 rings (SSSR count). The lowest BCUT2D eigenvalue weighted by atomic mass is 10.0. The first kappa shape index (κ1) is 13.2. The number of nitrogens with zero attached hydrogens (tertiary/aromatic N) is 1. The molecule has 1 heterocycles. The molecule has 2 N–H and O–H groups in total. The van der Waals surface area contributed by atoms with E-state index in [-0.39, 0.29) is 6.61 Å². The van der Waals surface area contributed by atoms with Crippen LogP contribution < -0.4 is 5.32 Å². The Hall–Kier alpha value is -1.19. The molecule has 1 aromatic rings. The van der Waals surface area contributed by atoms with E-state index in [2.05, 4.69) is 35.4 Å². The Morgan fingerprint density at radius 3 is 2.94 bits per heavy atom. The van der Waals surface area contributed by atoms with Gasteiger partial charge in [-0.1, -0.05) is 31.6 Å². The summed E-state index contributed by atoms with van der Waals surface area (Å²) in [6.45, 7) is 2.44. The maximum absolute atomic E-state index is 9.15. The Morgan fingerprint density at radius 2 is 2.33 bits per heavy atom. The highest BCUT2D eigenvalue weighted by Crippen LogP contribution is 2.22. The molecule has 3 nitrogen and oxygen atoms in total. The van der Waals surface area contributed by atoms with Crippen molar-refractivity contribution in [3.05, 3.63) is 42.2 Å². The third kappa shape index (κ3) is 3.40. The number of aliphatic hydroxyl groups excluding tert-OH is 1. The Balaban J connectivity index is 1.97. The zero-order chi connectivity index (χ0) is 12.8. The number of hydrogen-bond donors (Lipinski definition) is 2. The topological polar surface area (TPSA) is 45.1 Å². The van der Waals surface area contributed by atoms with E-state index < -0.39 is 0 Å². The van der Waals surface area contributed by atoms with E-state index in [0.717, 1.165) is 25.0 Å². The SMILES string of the molecule is CCC[C@@H](N[C@@H]1C=C[C@H](CO)C1)c1ccccn1. The van der Waals surface area contributed by atoms with Gasteiger partial charge in [0.15, 0.2) is 0 Å². The van der Waals surface area contributed by atoms with Crippen LogP contribution >= 0.6 is 0 Å². The van der Waals surface area contributed by atoms with E-state index in [1.807, 2.05) is 18.3 Å². The van der Waals surface area contributed by atoms with Gasteiger partial charge < -0.3 is 10.4 Å². The van der Waals surface area contributed by atoms with E-state index in [1.165, 1.54) is 0 Å². The quantitative estimate of drug-likeness (QED) is 0.758. The van der Waals surface area contributed by atoms with Gasteiger partial charge in [-0.25, -0.2) is 0 Å². The maximum atomic E-state index is 9.15. The summed E-state index contributed by atoms with van der Waals surface area (Å²) < 4.78 is 0. The van der Waals surface area contributed by atoms with Crippen LogP contribution in [0.25, 0.3) is 0 Å². The highest BCUT2D eigenvalue weighted by atomic mass is 16.3. The predicted molar refractivity (Wildman–Crippen MR) is 73.1 cm³/mol. The standard InChI is InChI=1S/C15H22N2O/c1-2-5-15(14-6-3-4-9-16-14)17-13-8-7-12(10-13)11-18/h3-4,6-9,12-13,15,17-18H,2,5,10-11H2,1H3/t12-,13+,15+/m0/s1.